The summed E-state index contributed by atoms with van der Waals surface area (Å²) in [6.07, 6.45) is 5.11. The average molecular weight is 215 g/mol. The van der Waals surface area contributed by atoms with Gasteiger partial charge < -0.3 is 15.5 Å². The Labute approximate surface area is 90.7 Å². The SMILES string of the molecule is O=C(O)CCCCCNCC(O)C1CC1. The lowest BCUT2D eigenvalue weighted by Crippen LogP contribution is -2.28. The van der Waals surface area contributed by atoms with Crippen molar-refractivity contribution in [3.63, 3.8) is 0 Å². The Bertz CT molecular complexity index is 192. The molecule has 4 heteroatoms. The first-order valence-corrected chi connectivity index (χ1v) is 5.80. The number of aliphatic hydroxyl groups is 1. The molecule has 1 aliphatic rings. The van der Waals surface area contributed by atoms with Crippen LogP contribution in [0.2, 0.25) is 0 Å². The molecule has 0 spiro atoms. The van der Waals surface area contributed by atoms with Gasteiger partial charge >= 0.3 is 5.97 Å². The van der Waals surface area contributed by atoms with Crippen LogP contribution in [-0.4, -0.2) is 35.4 Å². The summed E-state index contributed by atoms with van der Waals surface area (Å²) in [5.41, 5.74) is 0. The Balaban J connectivity index is 1.78. The monoisotopic (exact) mass is 215 g/mol. The van der Waals surface area contributed by atoms with Gasteiger partial charge in [-0.25, -0.2) is 0 Å². The zero-order valence-corrected chi connectivity index (χ0v) is 9.11. The highest BCUT2D eigenvalue weighted by Crippen LogP contribution is 2.32. The normalized spacial score (nSPS) is 17.7. The first-order valence-electron chi connectivity index (χ1n) is 5.80. The second-order valence-electron chi connectivity index (χ2n) is 4.31. The van der Waals surface area contributed by atoms with E-state index in [0.29, 0.717) is 12.5 Å². The number of carboxylic acid groups (broad SMARTS) is 1. The van der Waals surface area contributed by atoms with Gasteiger partial charge in [-0.05, 0) is 38.1 Å². The molecule has 1 unspecified atom stereocenters. The highest BCUT2D eigenvalue weighted by Gasteiger charge is 2.28. The second kappa shape index (κ2) is 6.80. The zero-order valence-electron chi connectivity index (χ0n) is 9.11. The highest BCUT2D eigenvalue weighted by molar-refractivity contribution is 5.66. The van der Waals surface area contributed by atoms with Crippen LogP contribution in [0, 0.1) is 5.92 Å². The minimum Gasteiger partial charge on any atom is -0.481 e. The maximum absolute atomic E-state index is 10.2. The summed E-state index contributed by atoms with van der Waals surface area (Å²) < 4.78 is 0. The summed E-state index contributed by atoms with van der Waals surface area (Å²) in [4.78, 5) is 10.2. The predicted molar refractivity (Wildman–Crippen MR) is 57.7 cm³/mol. The molecule has 15 heavy (non-hydrogen) atoms. The van der Waals surface area contributed by atoms with Gasteiger partial charge in [0.05, 0.1) is 6.10 Å². The number of carbonyl (C=O) groups is 1. The Kier molecular flexibility index (Phi) is 5.65. The van der Waals surface area contributed by atoms with Gasteiger partial charge in [0.25, 0.3) is 0 Å². The minimum atomic E-state index is -0.716. The van der Waals surface area contributed by atoms with Gasteiger partial charge in [0, 0.05) is 13.0 Å². The van der Waals surface area contributed by atoms with Crippen LogP contribution in [0.4, 0.5) is 0 Å². The first-order chi connectivity index (χ1) is 7.20. The predicted octanol–water partition coefficient (Wildman–Crippen LogP) is 0.992. The number of hydrogen-bond acceptors (Lipinski definition) is 3. The Morgan fingerprint density at radius 3 is 2.67 bits per heavy atom. The van der Waals surface area contributed by atoms with E-state index in [1.807, 2.05) is 0 Å². The van der Waals surface area contributed by atoms with Gasteiger partial charge in [0.15, 0.2) is 0 Å². The third kappa shape index (κ3) is 6.47. The van der Waals surface area contributed by atoms with Crippen LogP contribution in [0.25, 0.3) is 0 Å². The standard InChI is InChI=1S/C11H21NO3/c13-10(9-5-6-9)8-12-7-3-1-2-4-11(14)15/h9-10,12-13H,1-8H2,(H,14,15). The van der Waals surface area contributed by atoms with Crippen molar-refractivity contribution >= 4 is 5.97 Å². The lowest BCUT2D eigenvalue weighted by Gasteiger charge is -2.09. The van der Waals surface area contributed by atoms with Gasteiger partial charge in [0.2, 0.25) is 0 Å². The number of hydrogen-bond donors (Lipinski definition) is 3. The molecule has 3 N–H and O–H groups in total. The molecule has 1 aliphatic carbocycles. The fourth-order valence-electron chi connectivity index (χ4n) is 1.60. The maximum Gasteiger partial charge on any atom is 0.303 e. The highest BCUT2D eigenvalue weighted by atomic mass is 16.4. The van der Waals surface area contributed by atoms with Crippen molar-refractivity contribution < 1.29 is 15.0 Å². The van der Waals surface area contributed by atoms with E-state index in [-0.39, 0.29) is 12.5 Å². The average Bonchev–Trinajstić information content (AvgIpc) is 2.98. The molecule has 88 valence electrons. The van der Waals surface area contributed by atoms with Crippen molar-refractivity contribution in [1.82, 2.24) is 5.32 Å². The lowest BCUT2D eigenvalue weighted by molar-refractivity contribution is -0.137. The molecule has 0 aromatic carbocycles. The van der Waals surface area contributed by atoms with Crippen LogP contribution in [0.3, 0.4) is 0 Å². The molecule has 4 nitrogen and oxygen atoms in total. The lowest BCUT2D eigenvalue weighted by atomic mass is 10.2. The van der Waals surface area contributed by atoms with Crippen molar-refractivity contribution in [2.45, 2.75) is 44.6 Å². The molecule has 1 fully saturated rings. The van der Waals surface area contributed by atoms with E-state index < -0.39 is 5.97 Å². The summed E-state index contributed by atoms with van der Waals surface area (Å²) in [6.45, 7) is 1.56. The molecule has 0 aromatic heterocycles. The van der Waals surface area contributed by atoms with Crippen molar-refractivity contribution in [1.29, 1.82) is 0 Å². The van der Waals surface area contributed by atoms with Crippen molar-refractivity contribution in [2.24, 2.45) is 5.92 Å². The molecule has 0 saturated heterocycles. The molecule has 0 aliphatic heterocycles. The van der Waals surface area contributed by atoms with Crippen LogP contribution in [-0.2, 0) is 4.79 Å². The van der Waals surface area contributed by atoms with Crippen LogP contribution in [0.15, 0.2) is 0 Å². The molecule has 0 heterocycles. The third-order valence-electron chi connectivity index (χ3n) is 2.76. The van der Waals surface area contributed by atoms with Crippen molar-refractivity contribution in [3.05, 3.63) is 0 Å². The molecular weight excluding hydrogens is 194 g/mol. The molecule has 1 saturated carbocycles. The molecule has 1 rings (SSSR count). The van der Waals surface area contributed by atoms with Crippen LogP contribution < -0.4 is 5.32 Å². The van der Waals surface area contributed by atoms with Crippen LogP contribution >= 0.6 is 0 Å². The Morgan fingerprint density at radius 1 is 1.33 bits per heavy atom. The zero-order chi connectivity index (χ0) is 11.1. The topological polar surface area (TPSA) is 69.6 Å². The third-order valence-corrected chi connectivity index (χ3v) is 2.76. The van der Waals surface area contributed by atoms with Gasteiger partial charge in [-0.3, -0.25) is 4.79 Å². The minimum absolute atomic E-state index is 0.177. The van der Waals surface area contributed by atoms with Crippen molar-refractivity contribution in [2.75, 3.05) is 13.1 Å². The Hall–Kier alpha value is -0.610. The molecule has 1 atom stereocenters. The number of rotatable bonds is 9. The van der Waals surface area contributed by atoms with Gasteiger partial charge in [-0.1, -0.05) is 6.42 Å². The smallest absolute Gasteiger partial charge is 0.303 e. The summed E-state index contributed by atoms with van der Waals surface area (Å²) in [5, 5.41) is 21.1. The van der Waals surface area contributed by atoms with Gasteiger partial charge in [-0.15, -0.1) is 0 Å². The number of aliphatic carboxylic acids is 1. The van der Waals surface area contributed by atoms with E-state index in [9.17, 15) is 9.90 Å². The Morgan fingerprint density at radius 2 is 2.07 bits per heavy atom. The van der Waals surface area contributed by atoms with E-state index in [0.717, 1.165) is 25.8 Å². The number of nitrogens with one attached hydrogen (secondary N) is 1. The summed E-state index contributed by atoms with van der Waals surface area (Å²) >= 11 is 0. The molecule has 0 radical (unpaired) electrons. The van der Waals surface area contributed by atoms with E-state index in [1.165, 1.54) is 12.8 Å². The van der Waals surface area contributed by atoms with Gasteiger partial charge in [-0.2, -0.15) is 0 Å². The largest absolute Gasteiger partial charge is 0.481 e. The number of aliphatic hydroxyl groups excluding tert-OH is 1. The van der Waals surface area contributed by atoms with E-state index in [4.69, 9.17) is 5.11 Å². The summed E-state index contributed by atoms with van der Waals surface area (Å²) in [6, 6.07) is 0. The van der Waals surface area contributed by atoms with E-state index in [1.54, 1.807) is 0 Å². The van der Waals surface area contributed by atoms with Crippen LogP contribution in [0.5, 0.6) is 0 Å². The van der Waals surface area contributed by atoms with Crippen LogP contribution in [0.1, 0.15) is 38.5 Å². The fourth-order valence-corrected chi connectivity index (χ4v) is 1.60. The molecular formula is C11H21NO3. The maximum atomic E-state index is 10.2. The second-order valence-corrected chi connectivity index (χ2v) is 4.31. The molecule has 0 bridgehead atoms. The number of unbranched alkanes of at least 4 members (excludes halogenated alkanes) is 2. The molecule has 0 aromatic rings. The van der Waals surface area contributed by atoms with E-state index >= 15 is 0 Å². The quantitative estimate of drug-likeness (QED) is 0.502. The van der Waals surface area contributed by atoms with Crippen molar-refractivity contribution in [3.8, 4) is 0 Å². The summed E-state index contributed by atoms with van der Waals surface area (Å²) in [5.74, 6) is -0.184. The van der Waals surface area contributed by atoms with E-state index in [2.05, 4.69) is 5.32 Å². The molecule has 0 amide bonds. The van der Waals surface area contributed by atoms with Gasteiger partial charge in [0.1, 0.15) is 0 Å². The first kappa shape index (κ1) is 12.5. The fraction of sp³-hybridized carbons (Fsp3) is 0.909. The number of carboxylic acids is 1. The summed E-state index contributed by atoms with van der Waals surface area (Å²) in [7, 11) is 0.